The van der Waals surface area contributed by atoms with E-state index in [0.29, 0.717) is 30.8 Å². The maximum Gasteiger partial charge on any atom is 0.276 e. The lowest BCUT2D eigenvalue weighted by Crippen LogP contribution is -2.42. The van der Waals surface area contributed by atoms with Gasteiger partial charge in [-0.1, -0.05) is 0 Å². The van der Waals surface area contributed by atoms with Gasteiger partial charge >= 0.3 is 0 Å². The zero-order valence-electron chi connectivity index (χ0n) is 14.5. The third-order valence-electron chi connectivity index (χ3n) is 4.12. The van der Waals surface area contributed by atoms with Crippen molar-refractivity contribution in [2.45, 2.75) is 25.8 Å². The summed E-state index contributed by atoms with van der Waals surface area (Å²) in [5, 5.41) is 6.86. The monoisotopic (exact) mass is 357 g/mol. The van der Waals surface area contributed by atoms with Crippen LogP contribution in [0.1, 0.15) is 29.0 Å². The summed E-state index contributed by atoms with van der Waals surface area (Å²) in [6.07, 6.45) is 2.17. The van der Waals surface area contributed by atoms with Gasteiger partial charge in [0.15, 0.2) is 5.69 Å². The lowest BCUT2D eigenvalue weighted by atomic mass is 10.2. The molecule has 0 spiro atoms. The van der Waals surface area contributed by atoms with Crippen LogP contribution >= 0.6 is 0 Å². The molecule has 1 saturated heterocycles. The molecule has 0 radical (unpaired) electrons. The van der Waals surface area contributed by atoms with Gasteiger partial charge in [0.1, 0.15) is 6.04 Å². The van der Waals surface area contributed by atoms with E-state index in [9.17, 15) is 18.0 Å². The molecule has 9 nitrogen and oxygen atoms in total. The van der Waals surface area contributed by atoms with Crippen molar-refractivity contribution < 1.29 is 18.0 Å². The Hall–Kier alpha value is -1.94. The summed E-state index contributed by atoms with van der Waals surface area (Å²) in [6.45, 7) is 2.06. The highest BCUT2D eigenvalue weighted by molar-refractivity contribution is 7.88. The normalized spacial score (nSPS) is 18.6. The molecule has 0 aromatic carbocycles. The molecule has 1 aliphatic rings. The van der Waals surface area contributed by atoms with Crippen molar-refractivity contribution in [3.63, 3.8) is 0 Å². The third-order valence-corrected chi connectivity index (χ3v) is 5.41. The van der Waals surface area contributed by atoms with Crippen LogP contribution in [0, 0.1) is 6.92 Å². The molecule has 0 saturated carbocycles. The molecule has 1 unspecified atom stereocenters. The second kappa shape index (κ2) is 6.52. The lowest BCUT2D eigenvalue weighted by Gasteiger charge is -2.21. The number of rotatable bonds is 4. The summed E-state index contributed by atoms with van der Waals surface area (Å²) in [5.74, 6) is -0.776. The summed E-state index contributed by atoms with van der Waals surface area (Å²) in [7, 11) is 1.41. The molecular formula is C14H23N5O4S. The van der Waals surface area contributed by atoms with Crippen LogP contribution in [0.5, 0.6) is 0 Å². The molecule has 24 heavy (non-hydrogen) atoms. The Kier molecular flexibility index (Phi) is 5.00. The molecule has 1 atom stereocenters. The van der Waals surface area contributed by atoms with Gasteiger partial charge < -0.3 is 10.2 Å². The van der Waals surface area contributed by atoms with E-state index in [0.717, 1.165) is 6.26 Å². The predicted molar refractivity (Wildman–Crippen MR) is 89.2 cm³/mol. The van der Waals surface area contributed by atoms with Crippen LogP contribution in [-0.4, -0.2) is 72.2 Å². The van der Waals surface area contributed by atoms with Crippen molar-refractivity contribution in [1.82, 2.24) is 19.0 Å². The summed E-state index contributed by atoms with van der Waals surface area (Å²) in [4.78, 5) is 26.2. The highest BCUT2D eigenvalue weighted by atomic mass is 32.2. The van der Waals surface area contributed by atoms with E-state index in [2.05, 4.69) is 10.4 Å². The Morgan fingerprint density at radius 2 is 1.96 bits per heavy atom. The topological polar surface area (TPSA) is 105 Å². The predicted octanol–water partition coefficient (Wildman–Crippen LogP) is -0.207. The Morgan fingerprint density at radius 1 is 1.33 bits per heavy atom. The van der Waals surface area contributed by atoms with Gasteiger partial charge in [-0.25, -0.2) is 8.42 Å². The smallest absolute Gasteiger partial charge is 0.276 e. The number of sulfonamides is 1. The number of nitrogens with one attached hydrogen (secondary N) is 1. The van der Waals surface area contributed by atoms with E-state index in [4.69, 9.17) is 0 Å². The second-order valence-electron chi connectivity index (χ2n) is 6.15. The number of carbonyl (C=O) groups is 2. The van der Waals surface area contributed by atoms with Gasteiger partial charge in [0, 0.05) is 27.7 Å². The van der Waals surface area contributed by atoms with E-state index in [1.165, 1.54) is 13.9 Å². The minimum atomic E-state index is -3.46. The first kappa shape index (κ1) is 18.4. The van der Waals surface area contributed by atoms with E-state index < -0.39 is 22.0 Å². The molecule has 1 aromatic heterocycles. The largest absolute Gasteiger partial charge is 0.343 e. The van der Waals surface area contributed by atoms with Gasteiger partial charge in [-0.3, -0.25) is 14.3 Å². The van der Waals surface area contributed by atoms with Crippen LogP contribution in [0.25, 0.3) is 0 Å². The molecule has 2 amide bonds. The molecule has 1 aromatic rings. The van der Waals surface area contributed by atoms with Crippen LogP contribution in [0.15, 0.2) is 0 Å². The summed E-state index contributed by atoms with van der Waals surface area (Å²) < 4.78 is 26.3. The number of aryl methyl sites for hydroxylation is 1. The fourth-order valence-corrected chi connectivity index (χ4v) is 3.85. The van der Waals surface area contributed by atoms with Crippen LogP contribution in [-0.2, 0) is 21.9 Å². The van der Waals surface area contributed by atoms with Crippen molar-refractivity contribution in [1.29, 1.82) is 0 Å². The summed E-state index contributed by atoms with van der Waals surface area (Å²) in [5.41, 5.74) is 1.08. The standard InChI is InChI=1S/C14H23N5O4S/c1-9-11(12(16-18(9)4)14(21)17(2)3)15-13(20)10-7-6-8-19(10)24(5,22)23/h10H,6-8H2,1-5H3,(H,15,20). The van der Waals surface area contributed by atoms with Crippen molar-refractivity contribution in [3.05, 3.63) is 11.4 Å². The van der Waals surface area contributed by atoms with Crippen molar-refractivity contribution in [2.75, 3.05) is 32.2 Å². The first-order chi connectivity index (χ1) is 11.0. The average Bonchev–Trinajstić information content (AvgIpc) is 3.06. The van der Waals surface area contributed by atoms with Crippen LogP contribution < -0.4 is 5.32 Å². The van der Waals surface area contributed by atoms with E-state index >= 15 is 0 Å². The fourth-order valence-electron chi connectivity index (χ4n) is 2.72. The quantitative estimate of drug-likeness (QED) is 0.803. The molecule has 1 aliphatic heterocycles. The zero-order chi connectivity index (χ0) is 18.2. The molecule has 2 rings (SSSR count). The van der Waals surface area contributed by atoms with Crippen molar-refractivity contribution >= 4 is 27.5 Å². The molecule has 10 heteroatoms. The minimum absolute atomic E-state index is 0.136. The first-order valence-corrected chi connectivity index (χ1v) is 9.41. The SMILES string of the molecule is Cc1c(NC(=O)C2CCCN2S(C)(=O)=O)c(C(=O)N(C)C)nn1C. The average molecular weight is 357 g/mol. The van der Waals surface area contributed by atoms with Crippen LogP contribution in [0.2, 0.25) is 0 Å². The van der Waals surface area contributed by atoms with E-state index in [-0.39, 0.29) is 11.6 Å². The fraction of sp³-hybridized carbons (Fsp3) is 0.643. The molecule has 1 fully saturated rings. The van der Waals surface area contributed by atoms with Crippen LogP contribution in [0.3, 0.4) is 0 Å². The molecule has 0 bridgehead atoms. The van der Waals surface area contributed by atoms with Crippen molar-refractivity contribution in [2.24, 2.45) is 7.05 Å². The Bertz CT molecular complexity index is 768. The molecule has 0 aliphatic carbocycles. The molecular weight excluding hydrogens is 334 g/mol. The first-order valence-electron chi connectivity index (χ1n) is 7.57. The summed E-state index contributed by atoms with van der Waals surface area (Å²) in [6, 6.07) is -0.762. The third kappa shape index (κ3) is 3.44. The minimum Gasteiger partial charge on any atom is -0.343 e. The number of carbonyl (C=O) groups excluding carboxylic acids is 2. The maximum absolute atomic E-state index is 12.6. The van der Waals surface area contributed by atoms with E-state index in [1.807, 2.05) is 0 Å². The number of amides is 2. The summed E-state index contributed by atoms with van der Waals surface area (Å²) >= 11 is 0. The number of anilines is 1. The Morgan fingerprint density at radius 3 is 2.50 bits per heavy atom. The Balaban J connectivity index is 2.31. The second-order valence-corrected chi connectivity index (χ2v) is 8.09. The van der Waals surface area contributed by atoms with E-state index in [1.54, 1.807) is 28.1 Å². The highest BCUT2D eigenvalue weighted by Gasteiger charge is 2.37. The van der Waals surface area contributed by atoms with Gasteiger partial charge in [-0.15, -0.1) is 0 Å². The molecule has 1 N–H and O–H groups in total. The number of hydrogen-bond acceptors (Lipinski definition) is 5. The highest BCUT2D eigenvalue weighted by Crippen LogP contribution is 2.25. The number of hydrogen-bond donors (Lipinski definition) is 1. The van der Waals surface area contributed by atoms with Gasteiger partial charge in [-0.2, -0.15) is 9.40 Å². The zero-order valence-corrected chi connectivity index (χ0v) is 15.3. The van der Waals surface area contributed by atoms with Crippen molar-refractivity contribution in [3.8, 4) is 0 Å². The van der Waals surface area contributed by atoms with Gasteiger partial charge in [0.2, 0.25) is 15.9 Å². The van der Waals surface area contributed by atoms with Gasteiger partial charge in [0.25, 0.3) is 5.91 Å². The Labute approximate surface area is 141 Å². The van der Waals surface area contributed by atoms with Gasteiger partial charge in [0.05, 0.1) is 17.6 Å². The number of nitrogens with zero attached hydrogens (tertiary/aromatic N) is 4. The van der Waals surface area contributed by atoms with Gasteiger partial charge in [-0.05, 0) is 19.8 Å². The number of aromatic nitrogens is 2. The lowest BCUT2D eigenvalue weighted by molar-refractivity contribution is -0.119. The van der Waals surface area contributed by atoms with Crippen LogP contribution in [0.4, 0.5) is 5.69 Å². The maximum atomic E-state index is 12.6. The molecule has 134 valence electrons. The molecule has 2 heterocycles.